The monoisotopic (exact) mass is 470 g/mol. The summed E-state index contributed by atoms with van der Waals surface area (Å²) in [5.41, 5.74) is 1.04. The van der Waals surface area contributed by atoms with E-state index in [0.29, 0.717) is 29.8 Å². The molecule has 2 aromatic rings. The van der Waals surface area contributed by atoms with Crippen molar-refractivity contribution < 1.29 is 19.1 Å². The summed E-state index contributed by atoms with van der Waals surface area (Å²) in [7, 11) is 1.57. The molecule has 0 bridgehead atoms. The topological polar surface area (TPSA) is 66.9 Å². The van der Waals surface area contributed by atoms with Crippen molar-refractivity contribution in [3.8, 4) is 5.75 Å². The molecule has 0 N–H and O–H groups in total. The number of hydrogen-bond acceptors (Lipinski definition) is 4. The Morgan fingerprint density at radius 1 is 1.07 bits per heavy atom. The lowest BCUT2D eigenvalue weighted by atomic mass is 9.80. The number of anilines is 1. The molecule has 1 saturated heterocycles. The molecule has 1 saturated carbocycles. The summed E-state index contributed by atoms with van der Waals surface area (Å²) in [6, 6.07) is 15.1. The summed E-state index contributed by atoms with van der Waals surface area (Å²) in [6.07, 6.45) is 2.20. The number of fused-ring (bicyclic) bond motifs is 1. The van der Waals surface area contributed by atoms with Gasteiger partial charge in [0.2, 0.25) is 5.91 Å². The molecule has 156 valence electrons. The molecule has 1 heterocycles. The van der Waals surface area contributed by atoms with Crippen molar-refractivity contribution in [2.24, 2.45) is 5.92 Å². The number of ketones is 1. The lowest BCUT2D eigenvalue weighted by molar-refractivity contribution is -0.126. The van der Waals surface area contributed by atoms with E-state index in [4.69, 9.17) is 4.74 Å². The standard InChI is InChI=1S/C23H23BrN2O4/c1-30-18-10-7-15(8-11-18)21(27)14-25-20-12-9-16(24)13-19(20)22(28)26(23(25)29)17-5-3-2-4-6-17/h2-8,10-11,16,19-20H,9,12-14H2,1H3. The van der Waals surface area contributed by atoms with Gasteiger partial charge in [-0.25, -0.2) is 9.69 Å². The molecule has 0 aromatic heterocycles. The first-order valence-electron chi connectivity index (χ1n) is 10.0. The van der Waals surface area contributed by atoms with Crippen LogP contribution < -0.4 is 9.64 Å². The van der Waals surface area contributed by atoms with Crippen LogP contribution in [0.2, 0.25) is 0 Å². The average molecular weight is 471 g/mol. The minimum atomic E-state index is -0.428. The van der Waals surface area contributed by atoms with Crippen LogP contribution in [0.5, 0.6) is 5.75 Å². The van der Waals surface area contributed by atoms with E-state index in [1.54, 1.807) is 60.5 Å². The molecule has 6 nitrogen and oxygen atoms in total. The normalized spacial score (nSPS) is 23.9. The smallest absolute Gasteiger partial charge is 0.332 e. The first kappa shape index (κ1) is 20.6. The van der Waals surface area contributed by atoms with Crippen molar-refractivity contribution >= 4 is 39.3 Å². The second kappa shape index (κ2) is 8.60. The summed E-state index contributed by atoms with van der Waals surface area (Å²) in [6.45, 7) is -0.0596. The van der Waals surface area contributed by atoms with Gasteiger partial charge in [0.05, 0.1) is 25.3 Å². The fourth-order valence-corrected chi connectivity index (χ4v) is 4.96. The first-order chi connectivity index (χ1) is 14.5. The number of hydrogen-bond donors (Lipinski definition) is 0. The lowest BCUT2D eigenvalue weighted by Crippen LogP contribution is -2.64. The Kier molecular flexibility index (Phi) is 5.90. The van der Waals surface area contributed by atoms with E-state index in [1.165, 1.54) is 4.90 Å². The van der Waals surface area contributed by atoms with Gasteiger partial charge >= 0.3 is 6.03 Å². The summed E-state index contributed by atoms with van der Waals surface area (Å²) in [4.78, 5) is 42.7. The molecule has 2 fully saturated rings. The van der Waals surface area contributed by atoms with Gasteiger partial charge in [-0.05, 0) is 55.7 Å². The molecular formula is C23H23BrN2O4. The molecule has 2 aliphatic rings. The van der Waals surface area contributed by atoms with E-state index < -0.39 is 6.03 Å². The van der Waals surface area contributed by atoms with Crippen LogP contribution in [0.15, 0.2) is 54.6 Å². The van der Waals surface area contributed by atoms with Gasteiger partial charge in [0.1, 0.15) is 5.75 Å². The number of benzene rings is 2. The second-order valence-corrected chi connectivity index (χ2v) is 8.95. The minimum absolute atomic E-state index is 0.0596. The van der Waals surface area contributed by atoms with Crippen LogP contribution in [0.3, 0.4) is 0 Å². The van der Waals surface area contributed by atoms with Crippen molar-refractivity contribution in [1.82, 2.24) is 4.90 Å². The second-order valence-electron chi connectivity index (χ2n) is 7.66. The summed E-state index contributed by atoms with van der Waals surface area (Å²) in [5.74, 6) is -0.0107. The van der Waals surface area contributed by atoms with E-state index in [1.807, 2.05) is 6.07 Å². The number of Topliss-reactive ketones (excluding diaryl/α,β-unsaturated/α-hetero) is 1. The Balaban J connectivity index is 1.64. The van der Waals surface area contributed by atoms with Crippen LogP contribution in [0.1, 0.15) is 29.6 Å². The predicted octanol–water partition coefficient (Wildman–Crippen LogP) is 4.28. The van der Waals surface area contributed by atoms with Crippen LogP contribution >= 0.6 is 15.9 Å². The van der Waals surface area contributed by atoms with E-state index in [-0.39, 0.29) is 35.0 Å². The van der Waals surface area contributed by atoms with Crippen LogP contribution in [-0.4, -0.2) is 47.1 Å². The number of urea groups is 1. The van der Waals surface area contributed by atoms with Crippen molar-refractivity contribution in [1.29, 1.82) is 0 Å². The highest BCUT2D eigenvalue weighted by atomic mass is 79.9. The number of halogens is 1. The Morgan fingerprint density at radius 3 is 2.43 bits per heavy atom. The first-order valence-corrected chi connectivity index (χ1v) is 10.9. The molecule has 3 atom stereocenters. The number of amides is 3. The van der Waals surface area contributed by atoms with Gasteiger partial charge < -0.3 is 9.64 Å². The number of imide groups is 1. The van der Waals surface area contributed by atoms with E-state index in [0.717, 1.165) is 6.42 Å². The maximum absolute atomic E-state index is 13.4. The maximum atomic E-state index is 13.4. The van der Waals surface area contributed by atoms with Crippen molar-refractivity contribution in [2.75, 3.05) is 18.6 Å². The van der Waals surface area contributed by atoms with Crippen molar-refractivity contribution in [2.45, 2.75) is 30.1 Å². The van der Waals surface area contributed by atoms with Gasteiger partial charge in [-0.3, -0.25) is 9.59 Å². The van der Waals surface area contributed by atoms with Gasteiger partial charge in [-0.1, -0.05) is 34.1 Å². The third-order valence-corrected chi connectivity index (χ3v) is 6.70. The highest BCUT2D eigenvalue weighted by Gasteiger charge is 2.49. The number of methoxy groups -OCH3 is 1. The van der Waals surface area contributed by atoms with E-state index >= 15 is 0 Å². The predicted molar refractivity (Wildman–Crippen MR) is 117 cm³/mol. The van der Waals surface area contributed by atoms with Crippen LogP contribution in [0.4, 0.5) is 10.5 Å². The molecule has 1 aliphatic heterocycles. The lowest BCUT2D eigenvalue weighted by Gasteiger charge is -2.47. The van der Waals surface area contributed by atoms with Crippen LogP contribution in [-0.2, 0) is 4.79 Å². The molecule has 30 heavy (non-hydrogen) atoms. The summed E-state index contributed by atoms with van der Waals surface area (Å²) < 4.78 is 5.15. The number of ether oxygens (including phenoxy) is 1. The third kappa shape index (κ3) is 3.86. The number of rotatable bonds is 5. The highest BCUT2D eigenvalue weighted by Crippen LogP contribution is 2.38. The SMILES string of the molecule is COc1ccc(C(=O)CN2C(=O)N(c3ccccc3)C(=O)C3CC(Br)CCC32)cc1. The van der Waals surface area contributed by atoms with Gasteiger partial charge in [0.25, 0.3) is 0 Å². The van der Waals surface area contributed by atoms with Crippen LogP contribution in [0, 0.1) is 5.92 Å². The molecule has 2 aromatic carbocycles. The molecule has 3 unspecified atom stereocenters. The zero-order valence-corrected chi connectivity index (χ0v) is 18.2. The molecule has 0 radical (unpaired) electrons. The number of alkyl halides is 1. The van der Waals surface area contributed by atoms with Gasteiger partial charge in [0, 0.05) is 16.4 Å². The fourth-order valence-electron chi connectivity index (χ4n) is 4.29. The molecule has 1 aliphatic carbocycles. The Morgan fingerprint density at radius 2 is 1.77 bits per heavy atom. The maximum Gasteiger partial charge on any atom is 0.332 e. The number of carbonyl (C=O) groups is 3. The quantitative estimate of drug-likeness (QED) is 0.483. The number of para-hydroxylation sites is 1. The zero-order valence-electron chi connectivity index (χ0n) is 16.7. The third-order valence-electron chi connectivity index (χ3n) is 5.87. The largest absolute Gasteiger partial charge is 0.497 e. The molecular weight excluding hydrogens is 448 g/mol. The Labute approximate surface area is 183 Å². The average Bonchev–Trinajstić information content (AvgIpc) is 2.77. The van der Waals surface area contributed by atoms with E-state index in [2.05, 4.69) is 15.9 Å². The minimum Gasteiger partial charge on any atom is -0.497 e. The summed E-state index contributed by atoms with van der Waals surface area (Å²) in [5, 5.41) is 0. The van der Waals surface area contributed by atoms with E-state index in [9.17, 15) is 14.4 Å². The van der Waals surface area contributed by atoms with Crippen molar-refractivity contribution in [3.05, 3.63) is 60.2 Å². The number of carbonyl (C=O) groups excluding carboxylic acids is 3. The molecule has 0 spiro atoms. The summed E-state index contributed by atoms with van der Waals surface area (Å²) >= 11 is 3.64. The van der Waals surface area contributed by atoms with Gasteiger partial charge in [0.15, 0.2) is 5.78 Å². The van der Waals surface area contributed by atoms with Crippen molar-refractivity contribution in [3.63, 3.8) is 0 Å². The zero-order chi connectivity index (χ0) is 21.3. The number of nitrogens with zero attached hydrogens (tertiary/aromatic N) is 2. The van der Waals surface area contributed by atoms with Crippen LogP contribution in [0.25, 0.3) is 0 Å². The Bertz CT molecular complexity index is 947. The van der Waals surface area contributed by atoms with Gasteiger partial charge in [-0.2, -0.15) is 0 Å². The molecule has 7 heteroatoms. The van der Waals surface area contributed by atoms with Gasteiger partial charge in [-0.15, -0.1) is 0 Å². The molecule has 4 rings (SSSR count). The fraction of sp³-hybridized carbons (Fsp3) is 0.348. The Hall–Kier alpha value is -2.67. The molecule has 3 amide bonds. The highest BCUT2D eigenvalue weighted by molar-refractivity contribution is 9.09.